The number of nitriles is 1. The zero-order valence-corrected chi connectivity index (χ0v) is 8.20. The molecule has 11 heavy (non-hydrogen) atoms. The lowest BCUT2D eigenvalue weighted by Crippen LogP contribution is -1.82. The predicted molar refractivity (Wildman–Crippen MR) is 48.6 cm³/mol. The Hall–Kier alpha value is -0.520. The van der Waals surface area contributed by atoms with E-state index in [0.29, 0.717) is 10.6 Å². The fourth-order valence-electron chi connectivity index (χ4n) is 0.767. The molecular weight excluding hydrogens is 225 g/mol. The molecule has 0 spiro atoms. The van der Waals surface area contributed by atoms with Crippen LogP contribution in [0.15, 0.2) is 16.6 Å². The second-order valence-corrected chi connectivity index (χ2v) is 3.45. The smallest absolute Gasteiger partial charge is 0.0994 e. The van der Waals surface area contributed by atoms with Crippen LogP contribution in [0.3, 0.4) is 0 Å². The Bertz CT molecular complexity index is 328. The van der Waals surface area contributed by atoms with E-state index >= 15 is 0 Å². The summed E-state index contributed by atoms with van der Waals surface area (Å²) in [6, 6.07) is 5.55. The Labute approximate surface area is 78.7 Å². The van der Waals surface area contributed by atoms with Gasteiger partial charge in [-0.3, -0.25) is 0 Å². The lowest BCUT2D eigenvalue weighted by Gasteiger charge is -1.99. The highest BCUT2D eigenvalue weighted by Crippen LogP contribution is 2.25. The summed E-state index contributed by atoms with van der Waals surface area (Å²) in [5, 5.41) is 9.19. The number of nitrogens with zero attached hydrogens (tertiary/aromatic N) is 1. The van der Waals surface area contributed by atoms with Gasteiger partial charge in [0.2, 0.25) is 0 Å². The van der Waals surface area contributed by atoms with Gasteiger partial charge in [-0.25, -0.2) is 0 Å². The number of benzene rings is 1. The van der Waals surface area contributed by atoms with Crippen LogP contribution >= 0.6 is 27.5 Å². The third-order valence-corrected chi connectivity index (χ3v) is 2.58. The van der Waals surface area contributed by atoms with Gasteiger partial charge >= 0.3 is 0 Å². The molecule has 1 rings (SSSR count). The number of halogens is 2. The largest absolute Gasteiger partial charge is 0.192 e. The minimum absolute atomic E-state index is 0.576. The maximum atomic E-state index is 8.61. The first-order chi connectivity index (χ1) is 5.15. The molecule has 0 fully saturated rings. The molecular formula is C8H5BrClN. The SMILES string of the molecule is Cc1cc(Br)c(Cl)cc1C#N. The quantitative estimate of drug-likeness (QED) is 0.671. The zero-order chi connectivity index (χ0) is 8.43. The van der Waals surface area contributed by atoms with Gasteiger partial charge in [-0.2, -0.15) is 5.26 Å². The topological polar surface area (TPSA) is 23.8 Å². The molecule has 0 unspecified atom stereocenters. The van der Waals surface area contributed by atoms with E-state index in [1.165, 1.54) is 0 Å². The molecule has 3 heteroatoms. The van der Waals surface area contributed by atoms with Crippen LogP contribution in [0.2, 0.25) is 5.02 Å². The van der Waals surface area contributed by atoms with Crippen molar-refractivity contribution in [3.63, 3.8) is 0 Å². The lowest BCUT2D eigenvalue weighted by atomic mass is 10.1. The maximum Gasteiger partial charge on any atom is 0.0994 e. The van der Waals surface area contributed by atoms with Gasteiger partial charge in [-0.05, 0) is 40.5 Å². The minimum Gasteiger partial charge on any atom is -0.192 e. The fraction of sp³-hybridized carbons (Fsp3) is 0.125. The van der Waals surface area contributed by atoms with Crippen LogP contribution in [0, 0.1) is 18.3 Å². The number of rotatable bonds is 0. The van der Waals surface area contributed by atoms with Gasteiger partial charge in [0, 0.05) is 4.47 Å². The second kappa shape index (κ2) is 3.25. The van der Waals surface area contributed by atoms with Gasteiger partial charge in [0.1, 0.15) is 0 Å². The second-order valence-electron chi connectivity index (χ2n) is 2.19. The summed E-state index contributed by atoms with van der Waals surface area (Å²) >= 11 is 9.03. The van der Waals surface area contributed by atoms with Crippen LogP contribution < -0.4 is 0 Å². The number of aryl methyl sites for hydroxylation is 1. The van der Waals surface area contributed by atoms with Gasteiger partial charge in [-0.15, -0.1) is 0 Å². The third kappa shape index (κ3) is 1.74. The van der Waals surface area contributed by atoms with E-state index < -0.39 is 0 Å². The summed E-state index contributed by atoms with van der Waals surface area (Å²) in [6.45, 7) is 1.87. The zero-order valence-electron chi connectivity index (χ0n) is 5.86. The first kappa shape index (κ1) is 8.58. The van der Waals surface area contributed by atoms with E-state index in [4.69, 9.17) is 16.9 Å². The molecule has 0 amide bonds. The average Bonchev–Trinajstić information content (AvgIpc) is 1.97. The Morgan fingerprint density at radius 2 is 2.18 bits per heavy atom. The molecule has 0 bridgehead atoms. The molecule has 0 aromatic heterocycles. The molecule has 0 aliphatic rings. The normalized spacial score (nSPS) is 9.27. The van der Waals surface area contributed by atoms with Crippen molar-refractivity contribution in [2.75, 3.05) is 0 Å². The number of hydrogen-bond acceptors (Lipinski definition) is 1. The molecule has 0 aliphatic carbocycles. The molecule has 0 radical (unpaired) electrons. The van der Waals surface area contributed by atoms with Gasteiger partial charge in [0.05, 0.1) is 16.7 Å². The molecule has 0 N–H and O–H groups in total. The summed E-state index contributed by atoms with van der Waals surface area (Å²) < 4.78 is 0.829. The molecule has 0 heterocycles. The lowest BCUT2D eigenvalue weighted by molar-refractivity contribution is 1.38. The molecule has 1 aromatic carbocycles. The molecule has 0 atom stereocenters. The molecule has 1 nitrogen and oxygen atoms in total. The van der Waals surface area contributed by atoms with Gasteiger partial charge in [0.15, 0.2) is 0 Å². The minimum atomic E-state index is 0.576. The monoisotopic (exact) mass is 229 g/mol. The van der Waals surface area contributed by atoms with Crippen molar-refractivity contribution in [3.05, 3.63) is 32.8 Å². The first-order valence-electron chi connectivity index (χ1n) is 3.01. The van der Waals surface area contributed by atoms with Crippen LogP contribution in [0.25, 0.3) is 0 Å². The number of hydrogen-bond donors (Lipinski definition) is 0. The maximum absolute atomic E-state index is 8.61. The highest BCUT2D eigenvalue weighted by Gasteiger charge is 2.01. The Morgan fingerprint density at radius 3 is 2.73 bits per heavy atom. The van der Waals surface area contributed by atoms with Gasteiger partial charge in [0.25, 0.3) is 0 Å². The van der Waals surface area contributed by atoms with Gasteiger partial charge in [-0.1, -0.05) is 11.6 Å². The first-order valence-corrected chi connectivity index (χ1v) is 4.18. The molecule has 1 aromatic rings. The van der Waals surface area contributed by atoms with Crippen LogP contribution in [0.4, 0.5) is 0 Å². The van der Waals surface area contributed by atoms with Crippen LogP contribution in [-0.4, -0.2) is 0 Å². The van der Waals surface area contributed by atoms with E-state index in [0.717, 1.165) is 10.0 Å². The van der Waals surface area contributed by atoms with Crippen molar-refractivity contribution < 1.29 is 0 Å². The Morgan fingerprint density at radius 1 is 1.55 bits per heavy atom. The van der Waals surface area contributed by atoms with Crippen LogP contribution in [0.1, 0.15) is 11.1 Å². The predicted octanol–water partition coefficient (Wildman–Crippen LogP) is 3.28. The van der Waals surface area contributed by atoms with Crippen molar-refractivity contribution in [2.24, 2.45) is 0 Å². The highest BCUT2D eigenvalue weighted by atomic mass is 79.9. The summed E-state index contributed by atoms with van der Waals surface area (Å²) in [5.41, 5.74) is 1.56. The van der Waals surface area contributed by atoms with Crippen molar-refractivity contribution >= 4 is 27.5 Å². The van der Waals surface area contributed by atoms with E-state index in [-0.39, 0.29) is 0 Å². The average molecular weight is 230 g/mol. The van der Waals surface area contributed by atoms with Crippen molar-refractivity contribution in [1.29, 1.82) is 5.26 Å². The summed E-state index contributed by atoms with van der Waals surface area (Å²) in [6.07, 6.45) is 0. The summed E-state index contributed by atoms with van der Waals surface area (Å²) in [4.78, 5) is 0. The van der Waals surface area contributed by atoms with Crippen molar-refractivity contribution in [2.45, 2.75) is 6.92 Å². The van der Waals surface area contributed by atoms with E-state index in [2.05, 4.69) is 22.0 Å². The highest BCUT2D eigenvalue weighted by molar-refractivity contribution is 9.10. The third-order valence-electron chi connectivity index (χ3n) is 1.39. The fourth-order valence-corrected chi connectivity index (χ4v) is 1.39. The molecule has 56 valence electrons. The Kier molecular flexibility index (Phi) is 2.53. The van der Waals surface area contributed by atoms with E-state index in [1.807, 2.05) is 13.0 Å². The summed E-state index contributed by atoms with van der Waals surface area (Å²) in [7, 11) is 0. The molecule has 0 aliphatic heterocycles. The molecule has 0 saturated carbocycles. The van der Waals surface area contributed by atoms with Crippen molar-refractivity contribution in [1.82, 2.24) is 0 Å². The van der Waals surface area contributed by atoms with Gasteiger partial charge < -0.3 is 0 Å². The molecule has 0 saturated heterocycles. The Balaban J connectivity index is 3.35. The van der Waals surface area contributed by atoms with E-state index in [9.17, 15) is 0 Å². The van der Waals surface area contributed by atoms with Crippen molar-refractivity contribution in [3.8, 4) is 6.07 Å². The van der Waals surface area contributed by atoms with Crippen LogP contribution in [-0.2, 0) is 0 Å². The van der Waals surface area contributed by atoms with Crippen LogP contribution in [0.5, 0.6) is 0 Å². The van der Waals surface area contributed by atoms with E-state index in [1.54, 1.807) is 6.07 Å². The summed E-state index contributed by atoms with van der Waals surface area (Å²) in [5.74, 6) is 0. The standard InChI is InChI=1S/C8H5BrClN/c1-5-2-7(9)8(10)3-6(5)4-11/h2-3H,1H3.